The number of benzene rings is 1. The topological polar surface area (TPSA) is 87.1 Å². The summed E-state index contributed by atoms with van der Waals surface area (Å²) in [5, 5.41) is 19.0. The van der Waals surface area contributed by atoms with Gasteiger partial charge in [0.25, 0.3) is 5.91 Å². The van der Waals surface area contributed by atoms with Gasteiger partial charge in [-0.25, -0.2) is 4.79 Å². The molecule has 3 rings (SSSR count). The Hall–Kier alpha value is -2.52. The van der Waals surface area contributed by atoms with Gasteiger partial charge in [-0.05, 0) is 42.0 Å². The van der Waals surface area contributed by atoms with Crippen LogP contribution in [0.2, 0.25) is 0 Å². The lowest BCUT2D eigenvalue weighted by Crippen LogP contribution is -2.50. The minimum atomic E-state index is -2.88. The summed E-state index contributed by atoms with van der Waals surface area (Å²) in [6.07, 6.45) is -0.0319. The molecule has 0 unspecified atom stereocenters. The summed E-state index contributed by atoms with van der Waals surface area (Å²) in [5.41, 5.74) is -1.01. The number of halogens is 2. The number of aliphatic carboxylic acids is 1. The third-order valence-electron chi connectivity index (χ3n) is 4.46. The molecule has 6 nitrogen and oxygen atoms in total. The summed E-state index contributed by atoms with van der Waals surface area (Å²) in [6, 6.07) is 9.56. The Morgan fingerprint density at radius 3 is 2.30 bits per heavy atom. The number of ether oxygens (including phenoxy) is 1. The minimum absolute atomic E-state index is 0.0160. The highest BCUT2D eigenvalue weighted by atomic mass is 32.1. The van der Waals surface area contributed by atoms with E-state index in [4.69, 9.17) is 5.11 Å². The smallest absolute Gasteiger partial charge is 0.387 e. The lowest BCUT2D eigenvalue weighted by molar-refractivity contribution is -0.162. The number of alkyl halides is 2. The molecule has 1 aliphatic heterocycles. The van der Waals surface area contributed by atoms with Crippen LogP contribution in [-0.2, 0) is 4.79 Å². The average molecular weight is 397 g/mol. The SMILES string of the molecule is O=C(c1ccc(-c2ccc(OC(F)F)cc2)s1)N1CCC(O)(C(=O)O)CC1. The van der Waals surface area contributed by atoms with Crippen LogP contribution >= 0.6 is 11.3 Å². The first-order valence-corrected chi connectivity index (χ1v) is 9.00. The lowest BCUT2D eigenvalue weighted by Gasteiger charge is -2.35. The summed E-state index contributed by atoms with van der Waals surface area (Å²) >= 11 is 1.25. The van der Waals surface area contributed by atoms with Crippen LogP contribution in [0.25, 0.3) is 10.4 Å². The molecule has 1 aromatic heterocycles. The van der Waals surface area contributed by atoms with Gasteiger partial charge in [-0.15, -0.1) is 11.3 Å². The Morgan fingerprint density at radius 2 is 1.74 bits per heavy atom. The van der Waals surface area contributed by atoms with Crippen LogP contribution in [-0.4, -0.2) is 52.3 Å². The zero-order valence-corrected chi connectivity index (χ0v) is 14.9. The predicted molar refractivity (Wildman–Crippen MR) is 94.1 cm³/mol. The van der Waals surface area contributed by atoms with Crippen molar-refractivity contribution in [2.45, 2.75) is 25.1 Å². The zero-order valence-electron chi connectivity index (χ0n) is 14.1. The number of rotatable bonds is 5. The molecule has 1 aliphatic rings. The second kappa shape index (κ2) is 7.61. The second-order valence-electron chi connectivity index (χ2n) is 6.20. The molecule has 2 N–H and O–H groups in total. The van der Waals surface area contributed by atoms with Crippen LogP contribution in [0.3, 0.4) is 0 Å². The number of amides is 1. The van der Waals surface area contributed by atoms with Gasteiger partial charge in [0.2, 0.25) is 0 Å². The maximum atomic E-state index is 12.6. The van der Waals surface area contributed by atoms with E-state index in [1.807, 2.05) is 0 Å². The van der Waals surface area contributed by atoms with Crippen molar-refractivity contribution in [2.75, 3.05) is 13.1 Å². The molecule has 1 amide bonds. The van der Waals surface area contributed by atoms with Crippen LogP contribution in [0.1, 0.15) is 22.5 Å². The average Bonchev–Trinajstić information content (AvgIpc) is 3.12. The molecule has 1 fully saturated rings. The Morgan fingerprint density at radius 1 is 1.11 bits per heavy atom. The van der Waals surface area contributed by atoms with Crippen molar-refractivity contribution in [3.8, 4) is 16.2 Å². The molecule has 0 bridgehead atoms. The van der Waals surface area contributed by atoms with E-state index in [0.29, 0.717) is 4.88 Å². The van der Waals surface area contributed by atoms with Gasteiger partial charge in [0.15, 0.2) is 5.60 Å². The molecule has 1 aromatic carbocycles. The number of nitrogens with zero attached hydrogens (tertiary/aromatic N) is 1. The molecule has 9 heteroatoms. The Labute approximate surface area is 157 Å². The van der Waals surface area contributed by atoms with E-state index in [1.54, 1.807) is 24.3 Å². The van der Waals surface area contributed by atoms with Crippen molar-refractivity contribution in [1.82, 2.24) is 4.90 Å². The predicted octanol–water partition coefficient (Wildman–Crippen LogP) is 3.07. The highest BCUT2D eigenvalue weighted by molar-refractivity contribution is 7.17. The number of likely N-dealkylation sites (tertiary alicyclic amines) is 1. The van der Waals surface area contributed by atoms with Crippen molar-refractivity contribution in [3.63, 3.8) is 0 Å². The van der Waals surface area contributed by atoms with Crippen LogP contribution in [0, 0.1) is 0 Å². The first-order valence-electron chi connectivity index (χ1n) is 8.19. The molecule has 0 spiro atoms. The summed E-state index contributed by atoms with van der Waals surface area (Å²) in [6.45, 7) is -2.56. The number of aliphatic hydroxyl groups is 1. The van der Waals surface area contributed by atoms with Crippen molar-refractivity contribution < 1.29 is 33.3 Å². The van der Waals surface area contributed by atoms with Crippen LogP contribution in [0.15, 0.2) is 36.4 Å². The molecule has 0 radical (unpaired) electrons. The van der Waals surface area contributed by atoms with Gasteiger partial charge in [-0.3, -0.25) is 4.79 Å². The van der Waals surface area contributed by atoms with E-state index < -0.39 is 18.2 Å². The maximum Gasteiger partial charge on any atom is 0.387 e. The van der Waals surface area contributed by atoms with E-state index in [-0.39, 0.29) is 37.6 Å². The van der Waals surface area contributed by atoms with E-state index in [0.717, 1.165) is 10.4 Å². The monoisotopic (exact) mass is 397 g/mol. The van der Waals surface area contributed by atoms with E-state index in [2.05, 4.69) is 4.74 Å². The fourth-order valence-corrected chi connectivity index (χ4v) is 3.84. The number of carboxylic acid groups (broad SMARTS) is 1. The minimum Gasteiger partial charge on any atom is -0.479 e. The standard InChI is InChI=1S/C18H17F2NO5S/c19-17(20)26-12-3-1-11(2-4-12)13-5-6-14(27-13)15(22)21-9-7-18(25,8-10-21)16(23)24/h1-6,17,25H,7-10H2,(H,23,24). The molecule has 2 heterocycles. The highest BCUT2D eigenvalue weighted by Crippen LogP contribution is 2.31. The van der Waals surface area contributed by atoms with E-state index in [1.165, 1.54) is 28.4 Å². The molecule has 2 aromatic rings. The number of hydrogen-bond donors (Lipinski definition) is 2. The van der Waals surface area contributed by atoms with Gasteiger partial charge in [0.05, 0.1) is 4.88 Å². The largest absolute Gasteiger partial charge is 0.479 e. The molecule has 0 saturated carbocycles. The number of carbonyl (C=O) groups excluding carboxylic acids is 1. The van der Waals surface area contributed by atoms with E-state index in [9.17, 15) is 23.5 Å². The third-order valence-corrected chi connectivity index (χ3v) is 5.58. The van der Waals surface area contributed by atoms with Crippen molar-refractivity contribution in [2.24, 2.45) is 0 Å². The fraction of sp³-hybridized carbons (Fsp3) is 0.333. The Kier molecular flexibility index (Phi) is 5.43. The van der Waals surface area contributed by atoms with Crippen LogP contribution in [0.5, 0.6) is 5.75 Å². The second-order valence-corrected chi connectivity index (χ2v) is 7.28. The maximum absolute atomic E-state index is 12.6. The summed E-state index contributed by atoms with van der Waals surface area (Å²) in [4.78, 5) is 26.5. The summed E-state index contributed by atoms with van der Waals surface area (Å²) in [5.74, 6) is -1.44. The Balaban J connectivity index is 1.67. The van der Waals surface area contributed by atoms with Gasteiger partial charge < -0.3 is 19.8 Å². The number of carbonyl (C=O) groups is 2. The molecule has 27 heavy (non-hydrogen) atoms. The van der Waals surface area contributed by atoms with Crippen molar-refractivity contribution in [1.29, 1.82) is 0 Å². The first-order chi connectivity index (χ1) is 12.8. The van der Waals surface area contributed by atoms with Crippen molar-refractivity contribution >= 4 is 23.2 Å². The molecule has 0 atom stereocenters. The van der Waals surface area contributed by atoms with Gasteiger partial charge in [-0.2, -0.15) is 8.78 Å². The number of piperidine rings is 1. The number of carboxylic acids is 1. The van der Waals surface area contributed by atoms with Crippen molar-refractivity contribution in [3.05, 3.63) is 41.3 Å². The van der Waals surface area contributed by atoms with Gasteiger partial charge in [0.1, 0.15) is 5.75 Å². The molecule has 144 valence electrons. The number of thiophene rings is 1. The Bertz CT molecular complexity index is 829. The molecule has 0 aliphatic carbocycles. The van der Waals surface area contributed by atoms with Crippen LogP contribution in [0.4, 0.5) is 8.78 Å². The quantitative estimate of drug-likeness (QED) is 0.810. The van der Waals surface area contributed by atoms with Gasteiger partial charge >= 0.3 is 12.6 Å². The summed E-state index contributed by atoms with van der Waals surface area (Å²) in [7, 11) is 0. The summed E-state index contributed by atoms with van der Waals surface area (Å²) < 4.78 is 28.7. The van der Waals surface area contributed by atoms with Gasteiger partial charge in [0, 0.05) is 30.8 Å². The van der Waals surface area contributed by atoms with E-state index >= 15 is 0 Å². The highest BCUT2D eigenvalue weighted by Gasteiger charge is 2.40. The molecular weight excluding hydrogens is 380 g/mol. The number of hydrogen-bond acceptors (Lipinski definition) is 5. The van der Waals surface area contributed by atoms with Gasteiger partial charge in [-0.1, -0.05) is 0 Å². The molecular formula is C18H17F2NO5S. The first kappa shape index (κ1) is 19.2. The lowest BCUT2D eigenvalue weighted by atomic mass is 9.91. The fourth-order valence-electron chi connectivity index (χ4n) is 2.86. The van der Waals surface area contributed by atoms with Crippen LogP contribution < -0.4 is 4.74 Å². The normalized spacial score (nSPS) is 16.4. The zero-order chi connectivity index (χ0) is 19.6. The third kappa shape index (κ3) is 4.25. The molecule has 1 saturated heterocycles.